The van der Waals surface area contributed by atoms with E-state index < -0.39 is 0 Å². The van der Waals surface area contributed by atoms with E-state index in [4.69, 9.17) is 21.1 Å². The number of ether oxygens (including phenoxy) is 2. The van der Waals surface area contributed by atoms with E-state index >= 15 is 0 Å². The molecular formula is C23H36ClN3O3. The van der Waals surface area contributed by atoms with Gasteiger partial charge in [0.2, 0.25) is 0 Å². The fourth-order valence-electron chi connectivity index (χ4n) is 4.32. The highest BCUT2D eigenvalue weighted by Gasteiger charge is 2.29. The van der Waals surface area contributed by atoms with Gasteiger partial charge in [0.1, 0.15) is 0 Å². The van der Waals surface area contributed by atoms with Gasteiger partial charge < -0.3 is 19.3 Å². The number of nitrogens with zero attached hydrogens (tertiary/aromatic N) is 3. The van der Waals surface area contributed by atoms with Gasteiger partial charge in [-0.15, -0.1) is 0 Å². The minimum absolute atomic E-state index is 0.0124. The van der Waals surface area contributed by atoms with Gasteiger partial charge in [-0.2, -0.15) is 0 Å². The highest BCUT2D eigenvalue weighted by atomic mass is 35.5. The summed E-state index contributed by atoms with van der Waals surface area (Å²) in [6.45, 7) is 10.8. The number of piperazine rings is 1. The molecule has 1 aromatic rings. The molecule has 0 N–H and O–H groups in total. The normalized spacial score (nSPS) is 20.9. The van der Waals surface area contributed by atoms with Gasteiger partial charge in [-0.3, -0.25) is 9.69 Å². The summed E-state index contributed by atoms with van der Waals surface area (Å²) in [6.07, 6.45) is 4.50. The van der Waals surface area contributed by atoms with E-state index in [-0.39, 0.29) is 5.91 Å². The van der Waals surface area contributed by atoms with Crippen molar-refractivity contribution in [2.75, 3.05) is 59.5 Å². The lowest BCUT2D eigenvalue weighted by molar-refractivity contribution is 0.0452. The van der Waals surface area contributed by atoms with E-state index in [9.17, 15) is 4.79 Å². The van der Waals surface area contributed by atoms with Gasteiger partial charge in [-0.1, -0.05) is 24.9 Å². The number of benzene rings is 1. The van der Waals surface area contributed by atoms with Crippen molar-refractivity contribution in [1.29, 1.82) is 0 Å². The molecule has 2 aliphatic rings. The predicted molar refractivity (Wildman–Crippen MR) is 121 cm³/mol. The van der Waals surface area contributed by atoms with Crippen LogP contribution in [-0.4, -0.2) is 86.2 Å². The van der Waals surface area contributed by atoms with E-state index in [0.717, 1.165) is 45.6 Å². The van der Waals surface area contributed by atoms with Crippen molar-refractivity contribution in [1.82, 2.24) is 14.7 Å². The Morgan fingerprint density at radius 2 is 1.90 bits per heavy atom. The largest absolute Gasteiger partial charge is 0.490 e. The maximum atomic E-state index is 13.2. The molecule has 1 unspecified atom stereocenters. The number of piperidine rings is 1. The van der Waals surface area contributed by atoms with Gasteiger partial charge >= 0.3 is 0 Å². The maximum Gasteiger partial charge on any atom is 0.254 e. The number of hydrogen-bond donors (Lipinski definition) is 0. The van der Waals surface area contributed by atoms with E-state index in [1.54, 1.807) is 12.1 Å². The zero-order chi connectivity index (χ0) is 21.5. The lowest BCUT2D eigenvalue weighted by Gasteiger charge is -2.42. The molecule has 0 radical (unpaired) electrons. The highest BCUT2D eigenvalue weighted by molar-refractivity contribution is 6.32. The fraction of sp³-hybridized carbons (Fsp3) is 0.696. The van der Waals surface area contributed by atoms with Gasteiger partial charge in [0.25, 0.3) is 5.91 Å². The summed E-state index contributed by atoms with van der Waals surface area (Å²) in [6, 6.07) is 4.11. The molecule has 0 bridgehead atoms. The summed E-state index contributed by atoms with van der Waals surface area (Å²) in [5.74, 6) is 1.10. The number of rotatable bonds is 8. The Balaban J connectivity index is 1.64. The van der Waals surface area contributed by atoms with Crippen molar-refractivity contribution < 1.29 is 14.3 Å². The van der Waals surface area contributed by atoms with Crippen molar-refractivity contribution in [2.24, 2.45) is 0 Å². The number of halogens is 1. The Hall–Kier alpha value is -1.50. The maximum absolute atomic E-state index is 13.2. The summed E-state index contributed by atoms with van der Waals surface area (Å²) < 4.78 is 11.6. The Morgan fingerprint density at radius 3 is 2.57 bits per heavy atom. The van der Waals surface area contributed by atoms with Crippen LogP contribution in [0.25, 0.3) is 0 Å². The third kappa shape index (κ3) is 5.80. The molecule has 2 saturated heterocycles. The van der Waals surface area contributed by atoms with Crippen molar-refractivity contribution in [3.05, 3.63) is 22.7 Å². The molecule has 3 rings (SSSR count). The lowest BCUT2D eigenvalue weighted by atomic mass is 10.0. The summed E-state index contributed by atoms with van der Waals surface area (Å²) in [5.41, 5.74) is 0.567. The van der Waals surface area contributed by atoms with E-state index in [1.807, 2.05) is 11.8 Å². The molecule has 6 nitrogen and oxygen atoms in total. The molecule has 0 spiro atoms. The number of amides is 1. The number of unbranched alkanes of at least 4 members (excludes halogenated alkanes) is 1. The van der Waals surface area contributed by atoms with Crippen LogP contribution in [0.5, 0.6) is 11.5 Å². The highest BCUT2D eigenvalue weighted by Crippen LogP contribution is 2.37. The fourth-order valence-corrected chi connectivity index (χ4v) is 4.59. The number of likely N-dealkylation sites (tertiary alicyclic amines) is 1. The summed E-state index contributed by atoms with van der Waals surface area (Å²) in [4.78, 5) is 20.0. The van der Waals surface area contributed by atoms with Crippen LogP contribution >= 0.6 is 11.6 Å². The molecule has 0 saturated carbocycles. The SMILES string of the molecule is CCCCOc1c(Cl)cc(C(=O)N2CCN(C3CCCN(C)C3)CC2)cc1OCC. The second kappa shape index (κ2) is 11.2. The summed E-state index contributed by atoms with van der Waals surface area (Å²) >= 11 is 6.48. The molecule has 1 aromatic carbocycles. The summed E-state index contributed by atoms with van der Waals surface area (Å²) in [5, 5.41) is 0.435. The second-order valence-electron chi connectivity index (χ2n) is 8.31. The van der Waals surface area contributed by atoms with E-state index in [1.165, 1.54) is 19.4 Å². The Labute approximate surface area is 186 Å². The number of likely N-dealkylation sites (N-methyl/N-ethyl adjacent to an activating group) is 1. The van der Waals surface area contributed by atoms with Crippen LogP contribution in [0.3, 0.4) is 0 Å². The standard InChI is InChI=1S/C23H36ClN3O3/c1-4-6-14-30-22-20(24)15-18(16-21(22)29-5-2)23(28)27-12-10-26(11-13-27)19-8-7-9-25(3)17-19/h15-16,19H,4-14,17H2,1-3H3. The number of hydrogen-bond acceptors (Lipinski definition) is 5. The van der Waals surface area contributed by atoms with E-state index in [2.05, 4.69) is 23.8 Å². The second-order valence-corrected chi connectivity index (χ2v) is 8.71. The van der Waals surface area contributed by atoms with Crippen LogP contribution in [-0.2, 0) is 0 Å². The number of carbonyl (C=O) groups excluding carboxylic acids is 1. The van der Waals surface area contributed by atoms with Gasteiger partial charge in [0, 0.05) is 44.3 Å². The molecule has 0 aromatic heterocycles. The minimum atomic E-state index is 0.0124. The molecule has 1 amide bonds. The summed E-state index contributed by atoms with van der Waals surface area (Å²) in [7, 11) is 2.20. The van der Waals surface area contributed by atoms with E-state index in [0.29, 0.717) is 41.3 Å². The Kier molecular flexibility index (Phi) is 8.66. The molecule has 0 aliphatic carbocycles. The zero-order valence-corrected chi connectivity index (χ0v) is 19.4. The Bertz CT molecular complexity index is 707. The molecule has 30 heavy (non-hydrogen) atoms. The van der Waals surface area contributed by atoms with Crippen molar-refractivity contribution in [2.45, 2.75) is 45.6 Å². The van der Waals surface area contributed by atoms with Gasteiger partial charge in [0.15, 0.2) is 11.5 Å². The van der Waals surface area contributed by atoms with Crippen LogP contribution < -0.4 is 9.47 Å². The van der Waals surface area contributed by atoms with Crippen LogP contribution in [0.15, 0.2) is 12.1 Å². The van der Waals surface area contributed by atoms with Crippen molar-refractivity contribution >= 4 is 17.5 Å². The topological polar surface area (TPSA) is 45.2 Å². The molecule has 1 atom stereocenters. The smallest absolute Gasteiger partial charge is 0.254 e. The lowest BCUT2D eigenvalue weighted by Crippen LogP contribution is -2.55. The van der Waals surface area contributed by atoms with Crippen LogP contribution in [0, 0.1) is 0 Å². The van der Waals surface area contributed by atoms with Gasteiger partial charge in [-0.05, 0) is 51.9 Å². The molecule has 2 aliphatic heterocycles. The first-order valence-corrected chi connectivity index (χ1v) is 11.7. The molecule has 7 heteroatoms. The third-order valence-corrected chi connectivity index (χ3v) is 6.30. The first-order chi connectivity index (χ1) is 14.5. The average Bonchev–Trinajstić information content (AvgIpc) is 2.75. The van der Waals surface area contributed by atoms with Crippen molar-refractivity contribution in [3.63, 3.8) is 0 Å². The van der Waals surface area contributed by atoms with Crippen molar-refractivity contribution in [3.8, 4) is 11.5 Å². The van der Waals surface area contributed by atoms with Gasteiger partial charge in [-0.25, -0.2) is 0 Å². The van der Waals surface area contributed by atoms with Crippen LogP contribution in [0.4, 0.5) is 0 Å². The first-order valence-electron chi connectivity index (χ1n) is 11.3. The molecule has 168 valence electrons. The zero-order valence-electron chi connectivity index (χ0n) is 18.7. The monoisotopic (exact) mass is 437 g/mol. The van der Waals surface area contributed by atoms with Crippen LogP contribution in [0.1, 0.15) is 49.9 Å². The third-order valence-electron chi connectivity index (χ3n) is 6.02. The average molecular weight is 438 g/mol. The van der Waals surface area contributed by atoms with Crippen LogP contribution in [0.2, 0.25) is 5.02 Å². The molecule has 2 fully saturated rings. The predicted octanol–water partition coefficient (Wildman–Crippen LogP) is 3.77. The quantitative estimate of drug-likeness (QED) is 0.579. The van der Waals surface area contributed by atoms with Gasteiger partial charge in [0.05, 0.1) is 18.2 Å². The number of carbonyl (C=O) groups is 1. The molecule has 2 heterocycles. The Morgan fingerprint density at radius 1 is 1.13 bits per heavy atom. The first kappa shape index (κ1) is 23.2. The molecular weight excluding hydrogens is 402 g/mol. The minimum Gasteiger partial charge on any atom is -0.490 e.